The highest BCUT2D eigenvalue weighted by molar-refractivity contribution is 6.06. The Labute approximate surface area is 161 Å². The minimum absolute atomic E-state index is 0.149. The second kappa shape index (κ2) is 8.77. The predicted octanol–water partition coefficient (Wildman–Crippen LogP) is 4.95. The van der Waals surface area contributed by atoms with Crippen LogP contribution < -0.4 is 9.47 Å². The fourth-order valence-corrected chi connectivity index (χ4v) is 2.49. The van der Waals surface area contributed by atoms with Gasteiger partial charge in [0.25, 0.3) is 0 Å². The van der Waals surface area contributed by atoms with E-state index in [1.807, 2.05) is 24.3 Å². The number of ketones is 1. The molecule has 0 saturated carbocycles. The molecule has 0 heterocycles. The molecule has 3 aromatic carbocycles. The molecule has 0 unspecified atom stereocenters. The van der Waals surface area contributed by atoms with Crippen molar-refractivity contribution in [2.45, 2.75) is 0 Å². The molecule has 0 N–H and O–H groups in total. The summed E-state index contributed by atoms with van der Waals surface area (Å²) < 4.78 is 23.9. The van der Waals surface area contributed by atoms with Crippen LogP contribution in [0.4, 0.5) is 4.39 Å². The van der Waals surface area contributed by atoms with Crippen LogP contribution in [-0.2, 0) is 0 Å². The molecule has 3 aromatic rings. The van der Waals surface area contributed by atoms with Gasteiger partial charge in [-0.05, 0) is 60.2 Å². The Hall–Kier alpha value is -3.73. The lowest BCUT2D eigenvalue weighted by Crippen LogP contribution is -2.10. The molecule has 4 nitrogen and oxygen atoms in total. The Morgan fingerprint density at radius 2 is 1.64 bits per heavy atom. The first-order valence-corrected chi connectivity index (χ1v) is 8.50. The first-order valence-electron chi connectivity index (χ1n) is 8.50. The molecule has 0 atom stereocenters. The summed E-state index contributed by atoms with van der Waals surface area (Å²) in [5, 5.41) is 0. The summed E-state index contributed by atoms with van der Waals surface area (Å²) in [5.74, 6) is -0.718. The van der Waals surface area contributed by atoms with E-state index in [4.69, 9.17) is 9.47 Å². The molecule has 0 aromatic heterocycles. The molecule has 140 valence electrons. The maximum Gasteiger partial charge on any atom is 0.346 e. The number of carbonyl (C=O) groups is 2. The van der Waals surface area contributed by atoms with E-state index in [0.29, 0.717) is 11.3 Å². The summed E-state index contributed by atoms with van der Waals surface area (Å²) in [6, 6.07) is 19.0. The van der Waals surface area contributed by atoms with E-state index in [-0.39, 0.29) is 17.1 Å². The minimum atomic E-state index is -0.796. The van der Waals surface area contributed by atoms with E-state index < -0.39 is 11.8 Å². The van der Waals surface area contributed by atoms with Gasteiger partial charge in [-0.2, -0.15) is 0 Å². The molecule has 3 rings (SSSR count). The van der Waals surface area contributed by atoms with Gasteiger partial charge in [-0.3, -0.25) is 4.79 Å². The van der Waals surface area contributed by atoms with Crippen molar-refractivity contribution in [3.63, 3.8) is 0 Å². The Morgan fingerprint density at radius 1 is 0.893 bits per heavy atom. The fourth-order valence-electron chi connectivity index (χ4n) is 2.49. The third-order valence-electron chi connectivity index (χ3n) is 3.96. The maximum absolute atomic E-state index is 13.6. The van der Waals surface area contributed by atoms with E-state index >= 15 is 0 Å². The van der Waals surface area contributed by atoms with Gasteiger partial charge < -0.3 is 9.47 Å². The van der Waals surface area contributed by atoms with Gasteiger partial charge in [0, 0.05) is 5.56 Å². The van der Waals surface area contributed by atoms with Gasteiger partial charge in [0.05, 0.1) is 12.7 Å². The first kappa shape index (κ1) is 19.0. The van der Waals surface area contributed by atoms with Gasteiger partial charge in [-0.15, -0.1) is 0 Å². The largest absolute Gasteiger partial charge is 0.497 e. The van der Waals surface area contributed by atoms with Crippen molar-refractivity contribution in [2.75, 3.05) is 7.11 Å². The molecule has 0 aliphatic rings. The van der Waals surface area contributed by atoms with Gasteiger partial charge in [0.15, 0.2) is 5.78 Å². The van der Waals surface area contributed by atoms with Crippen molar-refractivity contribution in [3.05, 3.63) is 101 Å². The topological polar surface area (TPSA) is 52.6 Å². The van der Waals surface area contributed by atoms with Crippen LogP contribution in [0.5, 0.6) is 11.5 Å². The molecule has 28 heavy (non-hydrogen) atoms. The number of methoxy groups -OCH3 is 1. The normalized spacial score (nSPS) is 10.6. The second-order valence-corrected chi connectivity index (χ2v) is 5.87. The highest BCUT2D eigenvalue weighted by Gasteiger charge is 2.13. The monoisotopic (exact) mass is 376 g/mol. The van der Waals surface area contributed by atoms with Gasteiger partial charge >= 0.3 is 5.97 Å². The zero-order valence-corrected chi connectivity index (χ0v) is 15.1. The van der Waals surface area contributed by atoms with Crippen molar-refractivity contribution < 1.29 is 23.5 Å². The molecule has 0 aliphatic heterocycles. The number of allylic oxidation sites excluding steroid dienone is 1. The summed E-state index contributed by atoms with van der Waals surface area (Å²) in [4.78, 5) is 24.3. The predicted molar refractivity (Wildman–Crippen MR) is 104 cm³/mol. The maximum atomic E-state index is 13.6. The molecule has 0 radical (unpaired) electrons. The summed E-state index contributed by atoms with van der Waals surface area (Å²) in [6.07, 6.45) is 3.14. The molecule has 0 spiro atoms. The molecular weight excluding hydrogens is 359 g/mol. The second-order valence-electron chi connectivity index (χ2n) is 5.87. The van der Waals surface area contributed by atoms with Crippen LogP contribution in [0.3, 0.4) is 0 Å². The van der Waals surface area contributed by atoms with Crippen LogP contribution in [0.25, 0.3) is 6.08 Å². The average Bonchev–Trinajstić information content (AvgIpc) is 2.73. The molecule has 0 fully saturated rings. The van der Waals surface area contributed by atoms with Crippen LogP contribution in [-0.4, -0.2) is 18.9 Å². The van der Waals surface area contributed by atoms with E-state index in [9.17, 15) is 14.0 Å². The standard InChI is InChI=1S/C23H17FO4/c1-27-19-6-4-5-16(15-19)9-14-22(25)17-10-12-18(13-11-17)28-23(26)20-7-2-3-8-21(20)24/h2-15H,1H3. The minimum Gasteiger partial charge on any atom is -0.497 e. The van der Waals surface area contributed by atoms with Crippen LogP contribution in [0.15, 0.2) is 78.9 Å². The number of rotatable bonds is 6. The average molecular weight is 376 g/mol. The molecule has 5 heteroatoms. The van der Waals surface area contributed by atoms with Crippen molar-refractivity contribution in [2.24, 2.45) is 0 Å². The van der Waals surface area contributed by atoms with Crippen LogP contribution in [0, 0.1) is 5.82 Å². The van der Waals surface area contributed by atoms with Gasteiger partial charge in [0.1, 0.15) is 17.3 Å². The van der Waals surface area contributed by atoms with E-state index in [0.717, 1.165) is 5.56 Å². The third-order valence-corrected chi connectivity index (χ3v) is 3.96. The number of esters is 1. The lowest BCUT2D eigenvalue weighted by Gasteiger charge is -2.05. The quantitative estimate of drug-likeness (QED) is 0.264. The molecule has 0 aliphatic carbocycles. The number of hydrogen-bond acceptors (Lipinski definition) is 4. The molecule has 0 amide bonds. The van der Waals surface area contributed by atoms with Crippen molar-refractivity contribution in [1.29, 1.82) is 0 Å². The number of ether oxygens (including phenoxy) is 2. The van der Waals surface area contributed by atoms with Crippen molar-refractivity contribution >= 4 is 17.8 Å². The van der Waals surface area contributed by atoms with Crippen molar-refractivity contribution in [1.82, 2.24) is 0 Å². The van der Waals surface area contributed by atoms with E-state index in [1.165, 1.54) is 36.4 Å². The SMILES string of the molecule is COc1cccc(C=CC(=O)c2ccc(OC(=O)c3ccccc3F)cc2)c1. The van der Waals surface area contributed by atoms with Gasteiger partial charge in [-0.1, -0.05) is 30.3 Å². The summed E-state index contributed by atoms with van der Waals surface area (Å²) in [6.45, 7) is 0. The van der Waals surface area contributed by atoms with Crippen LogP contribution >= 0.6 is 0 Å². The molecule has 0 bridgehead atoms. The summed E-state index contributed by atoms with van der Waals surface area (Å²) in [7, 11) is 1.58. The molecule has 0 saturated heterocycles. The van der Waals surface area contributed by atoms with Crippen LogP contribution in [0.2, 0.25) is 0 Å². The Morgan fingerprint density at radius 3 is 2.36 bits per heavy atom. The van der Waals surface area contributed by atoms with Gasteiger partial charge in [-0.25, -0.2) is 9.18 Å². The number of halogens is 1. The van der Waals surface area contributed by atoms with Crippen molar-refractivity contribution in [3.8, 4) is 11.5 Å². The lowest BCUT2D eigenvalue weighted by molar-refractivity contribution is 0.0730. The first-order chi connectivity index (χ1) is 13.6. The summed E-state index contributed by atoms with van der Waals surface area (Å²) >= 11 is 0. The lowest BCUT2D eigenvalue weighted by atomic mass is 10.1. The molecular formula is C23H17FO4. The fraction of sp³-hybridized carbons (Fsp3) is 0.0435. The number of carbonyl (C=O) groups excluding carboxylic acids is 2. The Balaban J connectivity index is 1.66. The van der Waals surface area contributed by atoms with E-state index in [1.54, 1.807) is 31.4 Å². The van der Waals surface area contributed by atoms with E-state index in [2.05, 4.69) is 0 Å². The smallest absolute Gasteiger partial charge is 0.346 e. The highest BCUT2D eigenvalue weighted by atomic mass is 19.1. The number of hydrogen-bond donors (Lipinski definition) is 0. The van der Waals surface area contributed by atoms with Crippen LogP contribution in [0.1, 0.15) is 26.3 Å². The van der Waals surface area contributed by atoms with Gasteiger partial charge in [0.2, 0.25) is 0 Å². The Kier molecular flexibility index (Phi) is 5.97. The zero-order valence-electron chi connectivity index (χ0n) is 15.1. The number of benzene rings is 3. The third kappa shape index (κ3) is 4.71. The summed E-state index contributed by atoms with van der Waals surface area (Å²) in [5.41, 5.74) is 1.12. The highest BCUT2D eigenvalue weighted by Crippen LogP contribution is 2.17. The Bertz CT molecular complexity index is 1020. The zero-order chi connectivity index (χ0) is 19.9.